The van der Waals surface area contributed by atoms with Gasteiger partial charge in [-0.3, -0.25) is 19.2 Å². The molecule has 0 saturated carbocycles. The SMILES string of the molecule is CC(C)[C@H]1NC(=O)[C@H]2CSSCC/C=C\[C@H](CC(=O)N[C@H](C)C(=O)N2)NC(=O)C[C@@H]1O. The second-order valence-corrected chi connectivity index (χ2v) is 10.7. The van der Waals surface area contributed by atoms with Crippen molar-refractivity contribution >= 4 is 45.2 Å². The van der Waals surface area contributed by atoms with E-state index in [0.29, 0.717) is 5.75 Å². The third-order valence-corrected chi connectivity index (χ3v) is 7.49. The molecule has 0 radical (unpaired) electrons. The molecule has 2 bridgehead atoms. The first kappa shape index (κ1) is 25.5. The largest absolute Gasteiger partial charge is 0.390 e. The van der Waals surface area contributed by atoms with E-state index in [-0.39, 0.29) is 18.8 Å². The topological polar surface area (TPSA) is 137 Å². The van der Waals surface area contributed by atoms with Crippen LogP contribution in [0.1, 0.15) is 40.0 Å². The molecule has 1 saturated heterocycles. The van der Waals surface area contributed by atoms with Crippen molar-refractivity contribution in [2.24, 2.45) is 5.92 Å². The Labute approximate surface area is 190 Å². The van der Waals surface area contributed by atoms with Crippen LogP contribution in [0.5, 0.6) is 0 Å². The standard InChI is InChI=1S/C20H32N4O5S2/c1-11(2)18-15(25)9-17(27)22-13-6-4-5-7-30-31-10-14(20(29)24-18)23-19(28)12(3)21-16(26)8-13/h4,6,11-15,18,25H,5,7-10H2,1-3H3,(H,21,26)(H,22,27)(H,23,28)(H,24,29)/b6-4-/t12-,13-,14-,15+,18-/m1/s1. The zero-order valence-corrected chi connectivity index (χ0v) is 19.7. The van der Waals surface area contributed by atoms with Crippen molar-refractivity contribution in [2.45, 2.75) is 70.3 Å². The lowest BCUT2D eigenvalue weighted by Gasteiger charge is -2.29. The summed E-state index contributed by atoms with van der Waals surface area (Å²) in [5.74, 6) is -0.748. The smallest absolute Gasteiger partial charge is 0.243 e. The molecule has 2 aliphatic heterocycles. The Morgan fingerprint density at radius 1 is 0.968 bits per heavy atom. The molecule has 2 rings (SSSR count). The first-order valence-electron chi connectivity index (χ1n) is 10.5. The number of aliphatic hydroxyl groups excluding tert-OH is 1. The summed E-state index contributed by atoms with van der Waals surface area (Å²) in [6.45, 7) is 5.23. The summed E-state index contributed by atoms with van der Waals surface area (Å²) < 4.78 is 0. The summed E-state index contributed by atoms with van der Waals surface area (Å²) in [5, 5.41) is 21.6. The quantitative estimate of drug-likeness (QED) is 0.270. The van der Waals surface area contributed by atoms with E-state index in [1.54, 1.807) is 23.8 Å². The van der Waals surface area contributed by atoms with Gasteiger partial charge in [0.05, 0.1) is 31.0 Å². The summed E-state index contributed by atoms with van der Waals surface area (Å²) in [4.78, 5) is 50.6. The third kappa shape index (κ3) is 8.38. The predicted molar refractivity (Wildman–Crippen MR) is 122 cm³/mol. The molecule has 4 amide bonds. The zero-order chi connectivity index (χ0) is 23.0. The highest BCUT2D eigenvalue weighted by atomic mass is 33.1. The van der Waals surface area contributed by atoms with Crippen molar-refractivity contribution in [3.8, 4) is 0 Å². The van der Waals surface area contributed by atoms with Crippen molar-refractivity contribution in [3.63, 3.8) is 0 Å². The molecule has 0 spiro atoms. The number of allylic oxidation sites excluding steroid dienone is 1. The molecule has 2 aliphatic rings. The zero-order valence-electron chi connectivity index (χ0n) is 18.1. The molecule has 11 heteroatoms. The molecule has 0 aromatic rings. The minimum Gasteiger partial charge on any atom is -0.390 e. The van der Waals surface area contributed by atoms with Crippen LogP contribution >= 0.6 is 21.6 Å². The second-order valence-electron chi connectivity index (χ2n) is 8.10. The number of carbonyl (C=O) groups is 4. The second kappa shape index (κ2) is 12.4. The molecule has 0 aromatic heterocycles. The molecule has 0 aliphatic carbocycles. The molecule has 2 heterocycles. The van der Waals surface area contributed by atoms with Gasteiger partial charge in [-0.1, -0.05) is 47.6 Å². The molecule has 9 nitrogen and oxygen atoms in total. The molecule has 31 heavy (non-hydrogen) atoms. The van der Waals surface area contributed by atoms with Crippen LogP contribution < -0.4 is 21.3 Å². The average molecular weight is 473 g/mol. The van der Waals surface area contributed by atoms with Gasteiger partial charge in [-0.25, -0.2) is 0 Å². The summed E-state index contributed by atoms with van der Waals surface area (Å²) in [5.41, 5.74) is 0. The van der Waals surface area contributed by atoms with Crippen molar-refractivity contribution in [1.29, 1.82) is 0 Å². The molecule has 1 fully saturated rings. The van der Waals surface area contributed by atoms with E-state index >= 15 is 0 Å². The van der Waals surface area contributed by atoms with Gasteiger partial charge in [0.15, 0.2) is 0 Å². The highest BCUT2D eigenvalue weighted by Gasteiger charge is 2.32. The van der Waals surface area contributed by atoms with Crippen LogP contribution in [-0.4, -0.2) is 70.5 Å². The maximum absolute atomic E-state index is 13.0. The molecular weight excluding hydrogens is 440 g/mol. The number of carbonyl (C=O) groups excluding carboxylic acids is 4. The fourth-order valence-electron chi connectivity index (χ4n) is 3.32. The summed E-state index contributed by atoms with van der Waals surface area (Å²) in [6, 6.07) is -2.92. The molecule has 5 N–H and O–H groups in total. The van der Waals surface area contributed by atoms with E-state index in [9.17, 15) is 24.3 Å². The Hall–Kier alpha value is -1.72. The van der Waals surface area contributed by atoms with Crippen LogP contribution in [0.15, 0.2) is 12.2 Å². The molecule has 0 unspecified atom stereocenters. The van der Waals surface area contributed by atoms with E-state index in [1.807, 2.05) is 19.9 Å². The number of fused-ring (bicyclic) bond motifs is 7. The fraction of sp³-hybridized carbons (Fsp3) is 0.700. The lowest BCUT2D eigenvalue weighted by molar-refractivity contribution is -0.132. The van der Waals surface area contributed by atoms with E-state index in [4.69, 9.17) is 0 Å². The van der Waals surface area contributed by atoms with E-state index in [0.717, 1.165) is 12.2 Å². The van der Waals surface area contributed by atoms with E-state index in [1.165, 1.54) is 10.8 Å². The first-order valence-corrected chi connectivity index (χ1v) is 12.9. The van der Waals surface area contributed by atoms with Gasteiger partial charge >= 0.3 is 0 Å². The van der Waals surface area contributed by atoms with E-state index in [2.05, 4.69) is 21.3 Å². The van der Waals surface area contributed by atoms with Crippen LogP contribution in [-0.2, 0) is 19.2 Å². The number of amides is 4. The minimum atomic E-state index is -1.11. The maximum Gasteiger partial charge on any atom is 0.243 e. The normalized spacial score (nSPS) is 33.1. The van der Waals surface area contributed by atoms with Crippen LogP contribution in [0.25, 0.3) is 0 Å². The summed E-state index contributed by atoms with van der Waals surface area (Å²) in [7, 11) is 3.06. The molecule has 0 aromatic carbocycles. The van der Waals surface area contributed by atoms with Crippen molar-refractivity contribution in [1.82, 2.24) is 21.3 Å². The number of hydrogen-bond acceptors (Lipinski definition) is 7. The number of hydrogen-bond donors (Lipinski definition) is 5. The Balaban J connectivity index is 2.41. The Morgan fingerprint density at radius 3 is 2.39 bits per heavy atom. The van der Waals surface area contributed by atoms with Gasteiger partial charge in [0.1, 0.15) is 12.1 Å². The van der Waals surface area contributed by atoms with Gasteiger partial charge in [0.2, 0.25) is 23.6 Å². The van der Waals surface area contributed by atoms with Gasteiger partial charge in [0, 0.05) is 11.5 Å². The highest BCUT2D eigenvalue weighted by Crippen LogP contribution is 2.23. The van der Waals surface area contributed by atoms with Crippen molar-refractivity contribution in [3.05, 3.63) is 12.2 Å². The number of aliphatic hydroxyl groups is 1. The lowest BCUT2D eigenvalue weighted by atomic mass is 9.95. The predicted octanol–water partition coefficient (Wildman–Crippen LogP) is 0.0975. The van der Waals surface area contributed by atoms with Crippen molar-refractivity contribution < 1.29 is 24.3 Å². The highest BCUT2D eigenvalue weighted by molar-refractivity contribution is 8.76. The van der Waals surface area contributed by atoms with Crippen molar-refractivity contribution in [2.75, 3.05) is 11.5 Å². The van der Waals surface area contributed by atoms with Gasteiger partial charge < -0.3 is 26.4 Å². The molecule has 5 atom stereocenters. The summed E-state index contributed by atoms with van der Waals surface area (Å²) in [6.07, 6.45) is 3.04. The molecule has 174 valence electrons. The summed E-state index contributed by atoms with van der Waals surface area (Å²) >= 11 is 0. The fourth-order valence-corrected chi connectivity index (χ4v) is 5.48. The van der Waals surface area contributed by atoms with Crippen LogP contribution in [0, 0.1) is 5.92 Å². The molecular formula is C20H32N4O5S2. The Morgan fingerprint density at radius 2 is 1.68 bits per heavy atom. The number of nitrogens with one attached hydrogen (secondary N) is 4. The van der Waals surface area contributed by atoms with Crippen LogP contribution in [0.4, 0.5) is 0 Å². The van der Waals surface area contributed by atoms with Gasteiger partial charge in [-0.2, -0.15) is 0 Å². The van der Waals surface area contributed by atoms with Crippen LogP contribution in [0.2, 0.25) is 0 Å². The van der Waals surface area contributed by atoms with Crippen LogP contribution in [0.3, 0.4) is 0 Å². The monoisotopic (exact) mass is 472 g/mol. The maximum atomic E-state index is 13.0. The van der Waals surface area contributed by atoms with E-state index < -0.39 is 53.9 Å². The third-order valence-electron chi connectivity index (χ3n) is 5.05. The van der Waals surface area contributed by atoms with Gasteiger partial charge in [-0.15, -0.1) is 0 Å². The average Bonchev–Trinajstić information content (AvgIpc) is 2.68. The Bertz CT molecular complexity index is 703. The lowest BCUT2D eigenvalue weighted by Crippen LogP contribution is -2.57. The minimum absolute atomic E-state index is 0.0356. The Kier molecular flexibility index (Phi) is 10.2. The first-order chi connectivity index (χ1) is 14.7. The number of rotatable bonds is 1. The van der Waals surface area contributed by atoms with Gasteiger partial charge in [-0.05, 0) is 19.3 Å². The van der Waals surface area contributed by atoms with Gasteiger partial charge in [0.25, 0.3) is 0 Å².